The largest absolute Gasteiger partial charge is 0.322 e. The van der Waals surface area contributed by atoms with E-state index in [-0.39, 0.29) is 11.9 Å². The smallest absolute Gasteiger partial charge is 0.282 e. The van der Waals surface area contributed by atoms with Crippen LogP contribution in [0.15, 0.2) is 42.5 Å². The van der Waals surface area contributed by atoms with Crippen LogP contribution < -0.4 is 15.1 Å². The fraction of sp³-hybridized carbons (Fsp3) is 0.417. The number of anilines is 1. The molecule has 0 saturated carbocycles. The zero-order valence-corrected chi connectivity index (χ0v) is 18.5. The van der Waals surface area contributed by atoms with Gasteiger partial charge in [-0.1, -0.05) is 42.5 Å². The number of aromatic nitrogens is 2. The van der Waals surface area contributed by atoms with Gasteiger partial charge in [0.15, 0.2) is 6.04 Å². The van der Waals surface area contributed by atoms with Gasteiger partial charge in [-0.3, -0.25) is 9.48 Å². The van der Waals surface area contributed by atoms with Gasteiger partial charge in [0.05, 0.1) is 17.1 Å². The van der Waals surface area contributed by atoms with E-state index in [2.05, 4.69) is 52.9 Å². The summed E-state index contributed by atoms with van der Waals surface area (Å²) >= 11 is 0. The Morgan fingerprint density at radius 3 is 2.50 bits per heavy atom. The molecule has 3 aromatic rings. The molecule has 0 aliphatic carbocycles. The Kier molecular flexibility index (Phi) is 5.88. The number of carbonyl (C=O) groups is 1. The molecule has 2 aromatic carbocycles. The lowest BCUT2D eigenvalue weighted by atomic mass is 10.0. The van der Waals surface area contributed by atoms with Crippen molar-refractivity contribution in [2.45, 2.75) is 33.4 Å². The lowest BCUT2D eigenvalue weighted by Crippen LogP contribution is -3.29. The van der Waals surface area contributed by atoms with Crippen molar-refractivity contribution in [1.29, 1.82) is 0 Å². The van der Waals surface area contributed by atoms with Crippen molar-refractivity contribution in [2.75, 3.05) is 31.5 Å². The number of nitrogens with one attached hydrogen (secondary N) is 3. The maximum Gasteiger partial charge on any atom is 0.282 e. The molecule has 0 bridgehead atoms. The van der Waals surface area contributed by atoms with Gasteiger partial charge < -0.3 is 15.1 Å². The third-order valence-corrected chi connectivity index (χ3v) is 6.68. The Balaban J connectivity index is 1.35. The molecule has 158 valence electrons. The van der Waals surface area contributed by atoms with Crippen LogP contribution in [0.1, 0.15) is 23.9 Å². The highest BCUT2D eigenvalue weighted by Gasteiger charge is 2.31. The van der Waals surface area contributed by atoms with Gasteiger partial charge in [0, 0.05) is 12.6 Å². The number of quaternary nitrogens is 2. The molecule has 1 aliphatic heterocycles. The van der Waals surface area contributed by atoms with Crippen LogP contribution in [0.3, 0.4) is 0 Å². The second-order valence-electron chi connectivity index (χ2n) is 8.60. The van der Waals surface area contributed by atoms with Crippen molar-refractivity contribution < 1.29 is 14.6 Å². The van der Waals surface area contributed by atoms with Gasteiger partial charge in [-0.25, -0.2) is 0 Å². The first-order valence-corrected chi connectivity index (χ1v) is 10.9. The molecule has 1 saturated heterocycles. The fourth-order valence-electron chi connectivity index (χ4n) is 4.62. The monoisotopic (exact) mass is 407 g/mol. The van der Waals surface area contributed by atoms with Crippen molar-refractivity contribution >= 4 is 22.4 Å². The number of hydrogen-bond donors (Lipinski definition) is 3. The molecule has 3 N–H and O–H groups in total. The summed E-state index contributed by atoms with van der Waals surface area (Å²) in [7, 11) is 1.91. The summed E-state index contributed by atoms with van der Waals surface area (Å²) in [6.07, 6.45) is 0. The lowest BCUT2D eigenvalue weighted by molar-refractivity contribution is -1.02. The van der Waals surface area contributed by atoms with Crippen molar-refractivity contribution in [3.63, 3.8) is 0 Å². The van der Waals surface area contributed by atoms with E-state index < -0.39 is 0 Å². The minimum absolute atomic E-state index is 0.0666. The maximum absolute atomic E-state index is 12.9. The van der Waals surface area contributed by atoms with E-state index in [1.165, 1.54) is 21.2 Å². The quantitative estimate of drug-likeness (QED) is 0.577. The second kappa shape index (κ2) is 8.58. The molecule has 6 heteroatoms. The van der Waals surface area contributed by atoms with Crippen LogP contribution in [0.25, 0.3) is 10.8 Å². The number of rotatable bonds is 5. The first-order valence-electron chi connectivity index (χ1n) is 10.9. The summed E-state index contributed by atoms with van der Waals surface area (Å²) in [6, 6.07) is 15.2. The van der Waals surface area contributed by atoms with E-state index >= 15 is 0 Å². The Morgan fingerprint density at radius 1 is 1.10 bits per heavy atom. The summed E-state index contributed by atoms with van der Waals surface area (Å²) < 4.78 is 1.82. The normalized spacial score (nSPS) is 20.3. The number of nitrogens with zero attached hydrogens (tertiary/aromatic N) is 2. The van der Waals surface area contributed by atoms with E-state index in [0.717, 1.165) is 49.8 Å². The van der Waals surface area contributed by atoms with Gasteiger partial charge in [-0.05, 0) is 31.5 Å². The highest BCUT2D eigenvalue weighted by Crippen LogP contribution is 2.18. The van der Waals surface area contributed by atoms with E-state index in [0.29, 0.717) is 0 Å². The summed E-state index contributed by atoms with van der Waals surface area (Å²) in [5.74, 6) is 0.0849. The second-order valence-corrected chi connectivity index (χ2v) is 8.60. The van der Waals surface area contributed by atoms with E-state index in [1.807, 2.05) is 32.5 Å². The SMILES string of the molecule is Cc1nn(C)c(C)c1NC(=O)[C@H](C)[NH+]1CC[NH+](Cc2cccc3ccccc23)CC1. The fourth-order valence-corrected chi connectivity index (χ4v) is 4.62. The van der Waals surface area contributed by atoms with Crippen LogP contribution in [0.4, 0.5) is 5.69 Å². The Labute approximate surface area is 178 Å². The van der Waals surface area contributed by atoms with E-state index in [4.69, 9.17) is 0 Å². The molecular formula is C24H33N5O+2. The van der Waals surface area contributed by atoms with Crippen LogP contribution in [0, 0.1) is 13.8 Å². The average molecular weight is 408 g/mol. The Bertz CT molecular complexity index is 1040. The molecule has 1 aliphatic rings. The Morgan fingerprint density at radius 2 is 1.80 bits per heavy atom. The predicted molar refractivity (Wildman–Crippen MR) is 120 cm³/mol. The van der Waals surface area contributed by atoms with Crippen LogP contribution in [-0.2, 0) is 18.4 Å². The maximum atomic E-state index is 12.9. The lowest BCUT2D eigenvalue weighted by Gasteiger charge is -2.32. The molecule has 4 rings (SSSR count). The molecule has 0 unspecified atom stereocenters. The van der Waals surface area contributed by atoms with Crippen LogP contribution in [-0.4, -0.2) is 47.9 Å². The van der Waals surface area contributed by atoms with Gasteiger partial charge in [-0.2, -0.15) is 5.10 Å². The average Bonchev–Trinajstić information content (AvgIpc) is 3.00. The first-order chi connectivity index (χ1) is 14.4. The molecule has 1 aromatic heterocycles. The zero-order chi connectivity index (χ0) is 21.3. The highest BCUT2D eigenvalue weighted by molar-refractivity contribution is 5.94. The molecule has 1 atom stereocenters. The summed E-state index contributed by atoms with van der Waals surface area (Å²) in [6.45, 7) is 11.2. The summed E-state index contributed by atoms with van der Waals surface area (Å²) in [5.41, 5.74) is 4.14. The van der Waals surface area contributed by atoms with Gasteiger partial charge in [0.25, 0.3) is 5.91 Å². The Hall–Kier alpha value is -2.70. The standard InChI is InChI=1S/C24H31N5O/c1-17-23(18(2)27(4)26-17)25-24(30)19(3)29-14-12-28(13-15-29)16-21-10-7-9-20-8-5-6-11-22(20)21/h5-11,19H,12-16H2,1-4H3,(H,25,30)/p+2/t19-/m0/s1. The third kappa shape index (κ3) is 4.11. The van der Waals surface area contributed by atoms with Crippen LogP contribution in [0.5, 0.6) is 0 Å². The molecule has 1 fully saturated rings. The minimum Gasteiger partial charge on any atom is -0.322 e. The zero-order valence-electron chi connectivity index (χ0n) is 18.5. The number of hydrogen-bond acceptors (Lipinski definition) is 2. The highest BCUT2D eigenvalue weighted by atomic mass is 16.2. The molecule has 30 heavy (non-hydrogen) atoms. The predicted octanol–water partition coefficient (Wildman–Crippen LogP) is 0.501. The van der Waals surface area contributed by atoms with Crippen LogP contribution in [0.2, 0.25) is 0 Å². The van der Waals surface area contributed by atoms with Gasteiger partial charge in [0.1, 0.15) is 32.7 Å². The minimum atomic E-state index is -0.0666. The number of aryl methyl sites for hydroxylation is 2. The van der Waals surface area contributed by atoms with Crippen LogP contribution >= 0.6 is 0 Å². The topological polar surface area (TPSA) is 55.8 Å². The van der Waals surface area contributed by atoms with Crippen molar-refractivity contribution in [3.8, 4) is 0 Å². The van der Waals surface area contributed by atoms with Gasteiger partial charge in [0.2, 0.25) is 0 Å². The molecule has 1 amide bonds. The first kappa shape index (κ1) is 20.6. The van der Waals surface area contributed by atoms with Crippen molar-refractivity contribution in [1.82, 2.24) is 9.78 Å². The molecular weight excluding hydrogens is 374 g/mol. The van der Waals surface area contributed by atoms with Crippen molar-refractivity contribution in [3.05, 3.63) is 59.4 Å². The summed E-state index contributed by atoms with van der Waals surface area (Å²) in [4.78, 5) is 15.8. The van der Waals surface area contributed by atoms with E-state index in [1.54, 1.807) is 4.90 Å². The number of carbonyl (C=O) groups excluding carboxylic acids is 1. The van der Waals surface area contributed by atoms with Gasteiger partial charge >= 0.3 is 0 Å². The number of benzene rings is 2. The molecule has 0 radical (unpaired) electrons. The van der Waals surface area contributed by atoms with Gasteiger partial charge in [-0.15, -0.1) is 0 Å². The van der Waals surface area contributed by atoms with E-state index in [9.17, 15) is 4.79 Å². The van der Waals surface area contributed by atoms with Crippen molar-refractivity contribution in [2.24, 2.45) is 7.05 Å². The molecule has 0 spiro atoms. The number of fused-ring (bicyclic) bond motifs is 1. The molecule has 6 nitrogen and oxygen atoms in total. The summed E-state index contributed by atoms with van der Waals surface area (Å²) in [5, 5.41) is 10.2. The number of piperazine rings is 1. The number of amides is 1. The third-order valence-electron chi connectivity index (χ3n) is 6.68. The molecule has 2 heterocycles.